The Morgan fingerprint density at radius 2 is 1.21 bits per heavy atom. The van der Waals surface area contributed by atoms with Crippen LogP contribution < -0.4 is 10.1 Å². The summed E-state index contributed by atoms with van der Waals surface area (Å²) in [5.41, 5.74) is 5.91. The van der Waals surface area contributed by atoms with Crippen LogP contribution in [0.3, 0.4) is 0 Å². The third-order valence-corrected chi connectivity index (χ3v) is 5.51. The first kappa shape index (κ1) is 30.6. The molecular formula is C29H47NO3. The van der Waals surface area contributed by atoms with Gasteiger partial charge >= 0.3 is 5.97 Å². The van der Waals surface area contributed by atoms with E-state index >= 15 is 0 Å². The van der Waals surface area contributed by atoms with Crippen LogP contribution >= 0.6 is 0 Å². The van der Waals surface area contributed by atoms with Crippen molar-refractivity contribution in [2.24, 2.45) is 0 Å². The minimum Gasteiger partial charge on any atom is -0.875 e. The van der Waals surface area contributed by atoms with Gasteiger partial charge in [-0.05, 0) is 86.5 Å². The zero-order valence-electron chi connectivity index (χ0n) is 22.2. The third-order valence-electron chi connectivity index (χ3n) is 5.51. The van der Waals surface area contributed by atoms with Crippen molar-refractivity contribution in [2.75, 3.05) is 13.7 Å². The van der Waals surface area contributed by atoms with Crippen LogP contribution in [0.25, 0.3) is 0 Å². The number of rotatable bonds is 16. The Morgan fingerprint density at radius 1 is 0.727 bits per heavy atom. The molecule has 1 N–H and O–H groups in total. The number of hydrogen-bond donors (Lipinski definition) is 1. The molecule has 0 radical (unpaired) electrons. The molecule has 0 amide bonds. The van der Waals surface area contributed by atoms with Crippen molar-refractivity contribution in [1.82, 2.24) is 0 Å². The van der Waals surface area contributed by atoms with Crippen molar-refractivity contribution in [2.45, 2.75) is 99.3 Å². The topological polar surface area (TPSA) is 63.3 Å². The second-order valence-electron chi connectivity index (χ2n) is 9.07. The molecule has 33 heavy (non-hydrogen) atoms. The van der Waals surface area contributed by atoms with Crippen LogP contribution in [0.4, 0.5) is 0 Å². The summed E-state index contributed by atoms with van der Waals surface area (Å²) in [4.78, 5) is 14.5. The van der Waals surface area contributed by atoms with E-state index in [1.807, 2.05) is 6.21 Å². The van der Waals surface area contributed by atoms with Gasteiger partial charge in [-0.3, -0.25) is 4.99 Å². The van der Waals surface area contributed by atoms with Crippen LogP contribution in [0.15, 0.2) is 57.9 Å². The summed E-state index contributed by atoms with van der Waals surface area (Å²) >= 11 is 0. The largest absolute Gasteiger partial charge is 0.875 e. The van der Waals surface area contributed by atoms with Crippen LogP contribution in [0, 0.1) is 0 Å². The fourth-order valence-electron chi connectivity index (χ4n) is 3.24. The summed E-state index contributed by atoms with van der Waals surface area (Å²) in [5.74, 6) is -0.722. The van der Waals surface area contributed by atoms with Crippen LogP contribution in [0.5, 0.6) is 0 Å². The van der Waals surface area contributed by atoms with E-state index in [9.17, 15) is 9.90 Å². The van der Waals surface area contributed by atoms with E-state index in [1.165, 1.54) is 36.3 Å². The summed E-state index contributed by atoms with van der Waals surface area (Å²) < 4.78 is 4.56. The van der Waals surface area contributed by atoms with E-state index in [0.29, 0.717) is 13.0 Å². The Hall–Kier alpha value is -2.36. The number of unbranched alkanes of at least 4 members (excludes halogenated alkanes) is 1. The summed E-state index contributed by atoms with van der Waals surface area (Å²) in [5, 5.41) is 11.8. The molecule has 0 heterocycles. The molecule has 0 fully saturated rings. The standard InChI is InChI=1S/C29H47NO3/c1-23(2)13-10-16-26(5)18-11-17-24(3)14-8-9-15-25(4)19-12-21-30-22-20-28(31)27(6)29(32)33-7/h13-15,18,21,31H,8-12,16-17,19-20,22H2,1-7H3/b24-14+,25-15+,26-18+,28-27-,30-21?. The predicted octanol–water partition coefficient (Wildman–Crippen LogP) is 5.26. The third kappa shape index (κ3) is 17.8. The molecule has 0 rings (SSSR count). The molecule has 0 aromatic rings. The number of carbonyl (C=O) groups excluding carboxylic acids is 1. The van der Waals surface area contributed by atoms with Gasteiger partial charge < -0.3 is 9.84 Å². The Kier molecular flexibility index (Phi) is 17.8. The molecule has 0 aliphatic carbocycles. The predicted molar refractivity (Wildman–Crippen MR) is 139 cm³/mol. The molecule has 4 heteroatoms. The van der Waals surface area contributed by atoms with Gasteiger partial charge in [0.05, 0.1) is 7.11 Å². The zero-order valence-corrected chi connectivity index (χ0v) is 22.2. The van der Waals surface area contributed by atoms with E-state index in [-0.39, 0.29) is 11.3 Å². The number of hydrogen-bond acceptors (Lipinski definition) is 3. The van der Waals surface area contributed by atoms with Crippen LogP contribution in [-0.4, -0.2) is 25.8 Å². The highest BCUT2D eigenvalue weighted by molar-refractivity contribution is 5.88. The summed E-state index contributed by atoms with van der Waals surface area (Å²) in [6.07, 6.45) is 20.4. The molecule has 0 spiro atoms. The lowest BCUT2D eigenvalue weighted by Crippen LogP contribution is -2.69. The van der Waals surface area contributed by atoms with E-state index in [1.54, 1.807) is 0 Å². The van der Waals surface area contributed by atoms with Gasteiger partial charge in [0, 0.05) is 18.4 Å². The Labute approximate surface area is 202 Å². The molecule has 0 atom stereocenters. The fraction of sp³-hybridized carbons (Fsp3) is 0.586. The second kappa shape index (κ2) is 19.1. The van der Waals surface area contributed by atoms with Gasteiger partial charge in [0.1, 0.15) is 12.8 Å². The van der Waals surface area contributed by atoms with Gasteiger partial charge in [0.25, 0.3) is 0 Å². The van der Waals surface area contributed by atoms with Gasteiger partial charge in [-0.15, -0.1) is 5.76 Å². The number of esters is 1. The molecule has 0 saturated heterocycles. The van der Waals surface area contributed by atoms with Crippen LogP contribution in [0.2, 0.25) is 0 Å². The lowest BCUT2D eigenvalue weighted by Gasteiger charge is -2.12. The summed E-state index contributed by atoms with van der Waals surface area (Å²) in [6.45, 7) is 13.0. The number of allylic oxidation sites excluding steroid dienone is 8. The summed E-state index contributed by atoms with van der Waals surface area (Å²) in [7, 11) is 1.28. The zero-order chi connectivity index (χ0) is 25.1. The lowest BCUT2D eigenvalue weighted by molar-refractivity contribution is -0.457. The maximum atomic E-state index is 11.8. The molecule has 0 aliphatic heterocycles. The molecule has 0 aromatic carbocycles. The van der Waals surface area contributed by atoms with Crippen molar-refractivity contribution in [3.8, 4) is 0 Å². The molecule has 0 aliphatic rings. The van der Waals surface area contributed by atoms with Crippen molar-refractivity contribution < 1.29 is 19.6 Å². The number of nitrogens with one attached hydrogen (secondary N) is 1. The molecule has 0 saturated carbocycles. The highest BCUT2D eigenvalue weighted by atomic mass is 16.5. The van der Waals surface area contributed by atoms with Crippen molar-refractivity contribution >= 4 is 12.2 Å². The van der Waals surface area contributed by atoms with Crippen LogP contribution in [0.1, 0.15) is 99.3 Å². The summed E-state index contributed by atoms with van der Waals surface area (Å²) in [6, 6.07) is 0. The van der Waals surface area contributed by atoms with E-state index in [4.69, 9.17) is 0 Å². The van der Waals surface area contributed by atoms with E-state index in [2.05, 4.69) is 68.7 Å². The number of carbonyl (C=O) groups is 1. The normalized spacial score (nSPS) is 13.8. The lowest BCUT2D eigenvalue weighted by atomic mass is 10.0. The first-order valence-electron chi connectivity index (χ1n) is 12.3. The Balaban J connectivity index is 4.08. The number of methoxy groups -OCH3 is 1. The van der Waals surface area contributed by atoms with Gasteiger partial charge in [0.2, 0.25) is 0 Å². The first-order valence-corrected chi connectivity index (χ1v) is 12.3. The maximum Gasteiger partial charge on any atom is 0.332 e. The monoisotopic (exact) mass is 457 g/mol. The quantitative estimate of drug-likeness (QED) is 0.0858. The molecule has 4 nitrogen and oxygen atoms in total. The van der Waals surface area contributed by atoms with E-state index < -0.39 is 5.97 Å². The maximum absolute atomic E-state index is 11.8. The molecule has 0 unspecified atom stereocenters. The average molecular weight is 458 g/mol. The van der Waals surface area contributed by atoms with Gasteiger partial charge in [0.15, 0.2) is 0 Å². The van der Waals surface area contributed by atoms with E-state index in [0.717, 1.165) is 51.4 Å². The van der Waals surface area contributed by atoms with Crippen molar-refractivity contribution in [3.05, 3.63) is 57.9 Å². The SMILES string of the molecule is COC(=O)/C(C)=C(\[O-])CC[NH+]=CCC/C(C)=C/CC/C=C(\C)CC/C=C(\C)CCC=C(C)C. The smallest absolute Gasteiger partial charge is 0.332 e. The second-order valence-corrected chi connectivity index (χ2v) is 9.07. The highest BCUT2D eigenvalue weighted by Crippen LogP contribution is 2.13. The number of ether oxygens (including phenoxy) is 1. The minimum atomic E-state index is -0.549. The first-order chi connectivity index (χ1) is 15.7. The molecule has 186 valence electrons. The van der Waals surface area contributed by atoms with Gasteiger partial charge in [-0.2, -0.15) is 0 Å². The highest BCUT2D eigenvalue weighted by Gasteiger charge is 2.04. The molecule has 0 bridgehead atoms. The van der Waals surface area contributed by atoms with Gasteiger partial charge in [-0.1, -0.05) is 46.6 Å². The van der Waals surface area contributed by atoms with Crippen LogP contribution in [-0.2, 0) is 9.53 Å². The fourth-order valence-corrected chi connectivity index (χ4v) is 3.24. The van der Waals surface area contributed by atoms with Crippen molar-refractivity contribution in [1.29, 1.82) is 0 Å². The molecule has 0 aromatic heterocycles. The minimum absolute atomic E-state index is 0.157. The average Bonchev–Trinajstić information content (AvgIpc) is 2.77. The van der Waals surface area contributed by atoms with Gasteiger partial charge in [-0.25, -0.2) is 4.79 Å². The molecular weight excluding hydrogens is 410 g/mol. The Morgan fingerprint density at radius 3 is 1.73 bits per heavy atom. The Bertz CT molecular complexity index is 760. The van der Waals surface area contributed by atoms with Crippen molar-refractivity contribution in [3.63, 3.8) is 0 Å².